The third kappa shape index (κ3) is 6.92. The molecule has 1 aliphatic heterocycles. The van der Waals surface area contributed by atoms with E-state index >= 15 is 0 Å². The number of amides is 1. The summed E-state index contributed by atoms with van der Waals surface area (Å²) in [5.41, 5.74) is -0.263. The van der Waals surface area contributed by atoms with Crippen LogP contribution in [0.15, 0.2) is 4.99 Å². The fourth-order valence-electron chi connectivity index (χ4n) is 2.55. The summed E-state index contributed by atoms with van der Waals surface area (Å²) in [5, 5.41) is 5.93. The van der Waals surface area contributed by atoms with Crippen molar-refractivity contribution in [2.24, 2.45) is 16.8 Å². The van der Waals surface area contributed by atoms with Gasteiger partial charge >= 0.3 is 5.97 Å². The topological polar surface area (TPSA) is 83.0 Å². The number of rotatable bonds is 3. The van der Waals surface area contributed by atoms with Crippen molar-refractivity contribution in [1.29, 1.82) is 0 Å². The number of hydrogen-bond acceptors (Lipinski definition) is 4. The van der Waals surface area contributed by atoms with Gasteiger partial charge in [0, 0.05) is 25.7 Å². The number of ether oxygens (including phenoxy) is 1. The smallest absolute Gasteiger partial charge is 0.310 e. The molecule has 0 radical (unpaired) electrons. The molecule has 8 heteroatoms. The average Bonchev–Trinajstić information content (AvgIpc) is 2.78. The number of esters is 1. The standard InChI is InChI=1S/C15H28N4O3.HI/c1-10-8-19(9-11(10)13(21)22-6)14(16-5)17-7-12(20)18-15(2,3)4;/h10-11H,7-9H2,1-6H3,(H,16,17)(H,18,20);1H. The van der Waals surface area contributed by atoms with Gasteiger partial charge in [-0.25, -0.2) is 0 Å². The van der Waals surface area contributed by atoms with Crippen LogP contribution in [0.2, 0.25) is 0 Å². The van der Waals surface area contributed by atoms with E-state index in [-0.39, 0.29) is 59.8 Å². The second-order valence-corrected chi connectivity index (χ2v) is 6.71. The van der Waals surface area contributed by atoms with Crippen molar-refractivity contribution in [1.82, 2.24) is 15.5 Å². The lowest BCUT2D eigenvalue weighted by molar-refractivity contribution is -0.146. The molecule has 2 atom stereocenters. The highest BCUT2D eigenvalue weighted by atomic mass is 127. The first-order valence-corrected chi connectivity index (χ1v) is 7.52. The van der Waals surface area contributed by atoms with E-state index in [1.165, 1.54) is 7.11 Å². The first kappa shape index (κ1) is 21.9. The van der Waals surface area contributed by atoms with Gasteiger partial charge in [0.1, 0.15) is 0 Å². The molecule has 1 amide bonds. The van der Waals surface area contributed by atoms with Gasteiger partial charge in [0.05, 0.1) is 19.6 Å². The quantitative estimate of drug-likeness (QED) is 0.294. The number of nitrogens with zero attached hydrogens (tertiary/aromatic N) is 2. The van der Waals surface area contributed by atoms with Crippen LogP contribution in [0.5, 0.6) is 0 Å². The van der Waals surface area contributed by atoms with Crippen molar-refractivity contribution in [2.45, 2.75) is 33.2 Å². The minimum absolute atomic E-state index is 0. The maximum atomic E-state index is 11.9. The molecule has 0 spiro atoms. The Morgan fingerprint density at radius 2 is 1.91 bits per heavy atom. The van der Waals surface area contributed by atoms with E-state index < -0.39 is 0 Å². The van der Waals surface area contributed by atoms with Crippen LogP contribution in [0.25, 0.3) is 0 Å². The predicted octanol–water partition coefficient (Wildman–Crippen LogP) is 0.835. The molecule has 2 N–H and O–H groups in total. The van der Waals surface area contributed by atoms with Crippen molar-refractivity contribution in [3.8, 4) is 0 Å². The number of likely N-dealkylation sites (tertiary alicyclic amines) is 1. The van der Waals surface area contributed by atoms with Gasteiger partial charge in [-0.1, -0.05) is 6.92 Å². The first-order valence-electron chi connectivity index (χ1n) is 7.52. The lowest BCUT2D eigenvalue weighted by Gasteiger charge is -2.23. The Balaban J connectivity index is 0.00000484. The molecule has 1 saturated heterocycles. The molecule has 0 aromatic heterocycles. The van der Waals surface area contributed by atoms with E-state index in [1.54, 1.807) is 7.05 Å². The Morgan fingerprint density at radius 1 is 1.30 bits per heavy atom. The van der Waals surface area contributed by atoms with Crippen LogP contribution in [-0.4, -0.2) is 62.1 Å². The predicted molar refractivity (Wildman–Crippen MR) is 101 cm³/mol. The van der Waals surface area contributed by atoms with E-state index in [9.17, 15) is 9.59 Å². The summed E-state index contributed by atoms with van der Waals surface area (Å²) in [5.74, 6) is 0.366. The lowest BCUT2D eigenvalue weighted by atomic mass is 9.99. The molecule has 134 valence electrons. The maximum Gasteiger partial charge on any atom is 0.310 e. The summed E-state index contributed by atoms with van der Waals surface area (Å²) in [6.45, 7) is 9.22. The molecular weight excluding hydrogens is 411 g/mol. The Bertz CT molecular complexity index is 448. The van der Waals surface area contributed by atoms with Crippen LogP contribution < -0.4 is 10.6 Å². The molecule has 0 aromatic carbocycles. The normalized spacial score (nSPS) is 21.5. The van der Waals surface area contributed by atoms with Gasteiger partial charge in [-0.15, -0.1) is 24.0 Å². The highest BCUT2D eigenvalue weighted by Gasteiger charge is 2.36. The van der Waals surface area contributed by atoms with Gasteiger partial charge in [0.2, 0.25) is 5.91 Å². The molecular formula is C15H29IN4O3. The summed E-state index contributed by atoms with van der Waals surface area (Å²) >= 11 is 0. The molecule has 7 nitrogen and oxygen atoms in total. The first-order chi connectivity index (χ1) is 10.2. The number of carbonyl (C=O) groups excluding carboxylic acids is 2. The number of nitrogens with one attached hydrogen (secondary N) is 2. The molecule has 23 heavy (non-hydrogen) atoms. The molecule has 0 aliphatic carbocycles. The van der Waals surface area contributed by atoms with Crippen molar-refractivity contribution >= 4 is 41.8 Å². The van der Waals surface area contributed by atoms with Gasteiger partial charge in [-0.3, -0.25) is 14.6 Å². The van der Waals surface area contributed by atoms with Crippen LogP contribution >= 0.6 is 24.0 Å². The number of carbonyl (C=O) groups is 2. The maximum absolute atomic E-state index is 11.9. The average molecular weight is 440 g/mol. The Kier molecular flexibility index (Phi) is 8.86. The van der Waals surface area contributed by atoms with E-state index in [2.05, 4.69) is 15.6 Å². The number of halogens is 1. The van der Waals surface area contributed by atoms with E-state index in [0.29, 0.717) is 19.0 Å². The van der Waals surface area contributed by atoms with Gasteiger partial charge in [-0.2, -0.15) is 0 Å². The molecule has 2 unspecified atom stereocenters. The lowest BCUT2D eigenvalue weighted by Crippen LogP contribution is -2.48. The van der Waals surface area contributed by atoms with Crippen molar-refractivity contribution in [3.63, 3.8) is 0 Å². The van der Waals surface area contributed by atoms with Crippen molar-refractivity contribution in [2.75, 3.05) is 33.8 Å². The zero-order chi connectivity index (χ0) is 16.9. The molecule has 1 rings (SSSR count). The summed E-state index contributed by atoms with van der Waals surface area (Å²) in [4.78, 5) is 29.8. The van der Waals surface area contributed by atoms with Crippen LogP contribution in [0, 0.1) is 11.8 Å². The minimum atomic E-state index is -0.263. The van der Waals surface area contributed by atoms with E-state index in [0.717, 1.165) is 0 Å². The number of methoxy groups -OCH3 is 1. The van der Waals surface area contributed by atoms with Gasteiger partial charge < -0.3 is 20.3 Å². The molecule has 1 fully saturated rings. The third-order valence-corrected chi connectivity index (χ3v) is 3.55. The summed E-state index contributed by atoms with van der Waals surface area (Å²) in [6.07, 6.45) is 0. The second-order valence-electron chi connectivity index (χ2n) is 6.71. The highest BCUT2D eigenvalue weighted by Crippen LogP contribution is 2.23. The molecule has 1 aliphatic rings. The largest absolute Gasteiger partial charge is 0.469 e. The molecule has 0 bridgehead atoms. The summed E-state index contributed by atoms with van der Waals surface area (Å²) in [7, 11) is 3.07. The molecule has 0 aromatic rings. The number of aliphatic imine (C=N–C) groups is 1. The molecule has 1 heterocycles. The monoisotopic (exact) mass is 440 g/mol. The van der Waals surface area contributed by atoms with Gasteiger partial charge in [-0.05, 0) is 26.7 Å². The third-order valence-electron chi connectivity index (χ3n) is 3.55. The van der Waals surface area contributed by atoms with E-state index in [1.807, 2.05) is 32.6 Å². The SMILES string of the molecule is CN=C(NCC(=O)NC(C)(C)C)N1CC(C)C(C(=O)OC)C1.I. The Labute approximate surface area is 155 Å². The molecule has 0 saturated carbocycles. The van der Waals surface area contributed by atoms with Crippen molar-refractivity contribution < 1.29 is 14.3 Å². The summed E-state index contributed by atoms with van der Waals surface area (Å²) < 4.78 is 4.83. The van der Waals surface area contributed by atoms with Crippen LogP contribution in [0.3, 0.4) is 0 Å². The highest BCUT2D eigenvalue weighted by molar-refractivity contribution is 14.0. The van der Waals surface area contributed by atoms with Gasteiger partial charge in [0.15, 0.2) is 5.96 Å². The Morgan fingerprint density at radius 3 is 2.39 bits per heavy atom. The Hall–Kier alpha value is -1.06. The summed E-state index contributed by atoms with van der Waals surface area (Å²) in [6, 6.07) is 0. The fourth-order valence-corrected chi connectivity index (χ4v) is 2.55. The van der Waals surface area contributed by atoms with Crippen molar-refractivity contribution in [3.05, 3.63) is 0 Å². The zero-order valence-corrected chi connectivity index (χ0v) is 17.1. The fraction of sp³-hybridized carbons (Fsp3) is 0.800. The second kappa shape index (κ2) is 9.29. The van der Waals surface area contributed by atoms with Crippen LogP contribution in [-0.2, 0) is 14.3 Å². The minimum Gasteiger partial charge on any atom is -0.469 e. The number of guanidine groups is 1. The van der Waals surface area contributed by atoms with Gasteiger partial charge in [0.25, 0.3) is 0 Å². The van der Waals surface area contributed by atoms with Crippen LogP contribution in [0.4, 0.5) is 0 Å². The number of hydrogen-bond donors (Lipinski definition) is 2. The van der Waals surface area contributed by atoms with E-state index in [4.69, 9.17) is 4.74 Å². The zero-order valence-electron chi connectivity index (χ0n) is 14.8. The van der Waals surface area contributed by atoms with Crippen LogP contribution in [0.1, 0.15) is 27.7 Å².